The van der Waals surface area contributed by atoms with Gasteiger partial charge in [-0.1, -0.05) is 71.4 Å². The molecule has 2 N–H and O–H groups in total. The van der Waals surface area contributed by atoms with Crippen LogP contribution in [-0.2, 0) is 17.9 Å². The van der Waals surface area contributed by atoms with Crippen molar-refractivity contribution in [2.75, 3.05) is 11.1 Å². The van der Waals surface area contributed by atoms with Gasteiger partial charge < -0.3 is 15.2 Å². The van der Waals surface area contributed by atoms with Crippen LogP contribution in [0.5, 0.6) is 0 Å². The molecule has 0 unspecified atom stereocenters. The molecule has 0 saturated heterocycles. The lowest BCUT2D eigenvalue weighted by atomic mass is 10.1. The third kappa shape index (κ3) is 6.78. The van der Waals surface area contributed by atoms with Crippen LogP contribution in [0, 0.1) is 6.92 Å². The number of carbonyl (C=O) groups excluding carboxylic acids is 2. The van der Waals surface area contributed by atoms with Crippen LogP contribution < -0.4 is 10.6 Å². The summed E-state index contributed by atoms with van der Waals surface area (Å²) >= 11 is 14.6. The zero-order chi connectivity index (χ0) is 26.4. The Balaban J connectivity index is 1.36. The first-order valence-electron chi connectivity index (χ1n) is 11.1. The molecule has 8 nitrogen and oxygen atoms in total. The lowest BCUT2D eigenvalue weighted by Gasteiger charge is -2.09. The van der Waals surface area contributed by atoms with Gasteiger partial charge in [0.1, 0.15) is 0 Å². The molecule has 12 heteroatoms. The highest BCUT2D eigenvalue weighted by Gasteiger charge is 2.17. The quantitative estimate of drug-likeness (QED) is 0.182. The Hall–Kier alpha value is -3.18. The third-order valence-corrected chi connectivity index (χ3v) is 7.71. The van der Waals surface area contributed by atoms with E-state index in [1.807, 2.05) is 37.3 Å². The number of hydrogen-bond donors (Lipinski definition) is 2. The van der Waals surface area contributed by atoms with Gasteiger partial charge in [0.15, 0.2) is 16.1 Å². The van der Waals surface area contributed by atoms with Crippen molar-refractivity contribution in [1.82, 2.24) is 25.1 Å². The van der Waals surface area contributed by atoms with Crippen molar-refractivity contribution >= 4 is 63.2 Å². The van der Waals surface area contributed by atoms with E-state index in [-0.39, 0.29) is 24.1 Å². The van der Waals surface area contributed by atoms with Crippen LogP contribution >= 0.6 is 46.3 Å². The lowest BCUT2D eigenvalue weighted by Crippen LogP contribution is -2.25. The van der Waals surface area contributed by atoms with E-state index in [1.54, 1.807) is 22.8 Å². The minimum Gasteiger partial charge on any atom is -0.345 e. The van der Waals surface area contributed by atoms with Crippen molar-refractivity contribution in [2.45, 2.75) is 25.2 Å². The summed E-state index contributed by atoms with van der Waals surface area (Å²) in [5.74, 6) is 0.110. The van der Waals surface area contributed by atoms with E-state index >= 15 is 0 Å². The van der Waals surface area contributed by atoms with Gasteiger partial charge in [-0.05, 0) is 25.1 Å². The topological polar surface area (TPSA) is 102 Å². The molecule has 190 valence electrons. The number of nitrogens with zero attached hydrogens (tertiary/aromatic N) is 4. The van der Waals surface area contributed by atoms with Gasteiger partial charge >= 0.3 is 0 Å². The Bertz CT molecular complexity index is 1440. The van der Waals surface area contributed by atoms with Crippen molar-refractivity contribution in [3.63, 3.8) is 0 Å². The highest BCUT2D eigenvalue weighted by molar-refractivity contribution is 7.99. The van der Waals surface area contributed by atoms with Crippen molar-refractivity contribution < 1.29 is 9.59 Å². The molecule has 0 aliphatic heterocycles. The Labute approximate surface area is 232 Å². The average Bonchev–Trinajstić information content (AvgIpc) is 3.45. The number of thiazole rings is 1. The van der Waals surface area contributed by atoms with Crippen molar-refractivity contribution in [3.05, 3.63) is 87.5 Å². The standard InChI is InChI=1S/C25H22Cl2N6O2S2/c1-3-11-33-20(13-28-23(35)17-9-10-18(26)19(27)12-17)31-32-25(33)36-14-21(34)29-24-30-22(15(2)37-24)16-7-5-4-6-8-16/h3-10,12H,1,11,13-14H2,2H3,(H,28,35)(H,29,30,34). The number of aryl methyl sites for hydroxylation is 1. The molecule has 0 aliphatic rings. The van der Waals surface area contributed by atoms with Gasteiger partial charge in [-0.2, -0.15) is 0 Å². The maximum Gasteiger partial charge on any atom is 0.251 e. The molecule has 0 fully saturated rings. The molecule has 2 aromatic heterocycles. The maximum absolute atomic E-state index is 12.6. The fourth-order valence-corrected chi connectivity index (χ4v) is 5.28. The van der Waals surface area contributed by atoms with E-state index in [0.29, 0.717) is 38.3 Å². The van der Waals surface area contributed by atoms with Crippen LogP contribution in [0.3, 0.4) is 0 Å². The zero-order valence-corrected chi connectivity index (χ0v) is 22.8. The first-order chi connectivity index (χ1) is 17.9. The summed E-state index contributed by atoms with van der Waals surface area (Å²) in [5.41, 5.74) is 2.23. The Morgan fingerprint density at radius 2 is 1.92 bits per heavy atom. The van der Waals surface area contributed by atoms with Crippen LogP contribution in [0.2, 0.25) is 10.0 Å². The molecule has 0 radical (unpaired) electrons. The van der Waals surface area contributed by atoms with Gasteiger partial charge in [0.2, 0.25) is 5.91 Å². The summed E-state index contributed by atoms with van der Waals surface area (Å²) in [7, 11) is 0. The molecule has 0 bridgehead atoms. The number of benzene rings is 2. The molecule has 2 aromatic carbocycles. The fourth-order valence-electron chi connectivity index (χ4n) is 3.37. The SMILES string of the molecule is C=CCn1c(CNC(=O)c2ccc(Cl)c(Cl)c2)nnc1SCC(=O)Nc1nc(-c2ccccc2)c(C)s1. The summed E-state index contributed by atoms with van der Waals surface area (Å²) in [4.78, 5) is 30.7. The third-order valence-electron chi connectivity index (χ3n) is 5.12. The highest BCUT2D eigenvalue weighted by Crippen LogP contribution is 2.30. The molecular weight excluding hydrogens is 551 g/mol. The number of carbonyl (C=O) groups is 2. The van der Waals surface area contributed by atoms with Gasteiger partial charge in [0, 0.05) is 22.5 Å². The molecule has 2 heterocycles. The number of thioether (sulfide) groups is 1. The number of rotatable bonds is 10. The smallest absolute Gasteiger partial charge is 0.251 e. The predicted octanol–water partition coefficient (Wildman–Crippen LogP) is 5.86. The maximum atomic E-state index is 12.6. The molecule has 0 saturated carbocycles. The second-order valence-electron chi connectivity index (χ2n) is 7.74. The Kier molecular flexibility index (Phi) is 8.99. The molecule has 2 amide bonds. The number of halogens is 2. The van der Waals surface area contributed by atoms with E-state index in [2.05, 4.69) is 32.4 Å². The van der Waals surface area contributed by atoms with E-state index in [9.17, 15) is 9.59 Å². The average molecular weight is 574 g/mol. The first-order valence-corrected chi connectivity index (χ1v) is 13.6. The van der Waals surface area contributed by atoms with Crippen molar-refractivity contribution in [1.29, 1.82) is 0 Å². The lowest BCUT2D eigenvalue weighted by molar-refractivity contribution is -0.113. The Morgan fingerprint density at radius 3 is 2.65 bits per heavy atom. The molecule has 0 spiro atoms. The monoisotopic (exact) mass is 572 g/mol. The summed E-state index contributed by atoms with van der Waals surface area (Å²) in [6.45, 7) is 6.30. The predicted molar refractivity (Wildman–Crippen MR) is 149 cm³/mol. The second-order valence-corrected chi connectivity index (χ2v) is 10.7. The van der Waals surface area contributed by atoms with E-state index < -0.39 is 0 Å². The highest BCUT2D eigenvalue weighted by atomic mass is 35.5. The fraction of sp³-hybridized carbons (Fsp3) is 0.160. The summed E-state index contributed by atoms with van der Waals surface area (Å²) in [6.07, 6.45) is 1.70. The van der Waals surface area contributed by atoms with E-state index in [4.69, 9.17) is 23.2 Å². The van der Waals surface area contributed by atoms with Gasteiger partial charge in [0.25, 0.3) is 5.91 Å². The van der Waals surface area contributed by atoms with Gasteiger partial charge in [0.05, 0.1) is 28.0 Å². The molecule has 37 heavy (non-hydrogen) atoms. The zero-order valence-electron chi connectivity index (χ0n) is 19.7. The summed E-state index contributed by atoms with van der Waals surface area (Å²) < 4.78 is 1.79. The van der Waals surface area contributed by atoms with Crippen LogP contribution in [0.15, 0.2) is 66.3 Å². The van der Waals surface area contributed by atoms with Crippen molar-refractivity contribution in [2.24, 2.45) is 0 Å². The molecule has 0 aliphatic carbocycles. The number of anilines is 1. The molecule has 0 atom stereocenters. The van der Waals surface area contributed by atoms with Crippen LogP contribution in [-0.4, -0.2) is 37.3 Å². The minimum atomic E-state index is -0.325. The van der Waals surface area contributed by atoms with E-state index in [1.165, 1.54) is 29.2 Å². The first kappa shape index (κ1) is 26.9. The normalized spacial score (nSPS) is 10.8. The second kappa shape index (κ2) is 12.4. The molecule has 4 aromatic rings. The summed E-state index contributed by atoms with van der Waals surface area (Å²) in [6, 6.07) is 14.5. The van der Waals surface area contributed by atoms with Crippen LogP contribution in [0.25, 0.3) is 11.3 Å². The van der Waals surface area contributed by atoms with E-state index in [0.717, 1.165) is 16.1 Å². The number of amides is 2. The number of allylic oxidation sites excluding steroid dienone is 1. The minimum absolute atomic E-state index is 0.115. The molecule has 4 rings (SSSR count). The van der Waals surface area contributed by atoms with Crippen LogP contribution in [0.4, 0.5) is 5.13 Å². The van der Waals surface area contributed by atoms with Gasteiger partial charge in [-0.15, -0.1) is 28.1 Å². The van der Waals surface area contributed by atoms with Crippen LogP contribution in [0.1, 0.15) is 21.1 Å². The van der Waals surface area contributed by atoms with Gasteiger partial charge in [-0.25, -0.2) is 4.98 Å². The molecular formula is C25H22Cl2N6O2S2. The number of hydrogen-bond acceptors (Lipinski definition) is 7. The van der Waals surface area contributed by atoms with Crippen molar-refractivity contribution in [3.8, 4) is 11.3 Å². The largest absolute Gasteiger partial charge is 0.345 e. The number of aromatic nitrogens is 4. The Morgan fingerprint density at radius 1 is 1.14 bits per heavy atom. The van der Waals surface area contributed by atoms with Gasteiger partial charge in [-0.3, -0.25) is 9.59 Å². The number of nitrogens with one attached hydrogen (secondary N) is 2. The summed E-state index contributed by atoms with van der Waals surface area (Å²) in [5, 5.41) is 15.8.